The molecule has 92 valence electrons. The summed E-state index contributed by atoms with van der Waals surface area (Å²) in [5, 5.41) is 2.09. The normalized spacial score (nSPS) is 11.9. The van der Waals surface area contributed by atoms with E-state index in [4.69, 9.17) is 5.73 Å². The molecule has 2 N–H and O–H groups in total. The van der Waals surface area contributed by atoms with E-state index in [2.05, 4.69) is 40.9 Å². The standard InChI is InChI=1S/C13H19N3S/c1-3-13(4-2,9-14)16-10-15-8-11(16)12-6-5-7-17-12/h5-8,10H,3-4,9,14H2,1-2H3. The molecule has 4 heteroatoms. The molecule has 0 saturated carbocycles. The van der Waals surface area contributed by atoms with Gasteiger partial charge in [0.25, 0.3) is 0 Å². The molecule has 17 heavy (non-hydrogen) atoms. The van der Waals surface area contributed by atoms with E-state index in [-0.39, 0.29) is 5.54 Å². The Kier molecular flexibility index (Phi) is 3.64. The Hall–Kier alpha value is -1.13. The van der Waals surface area contributed by atoms with Crippen LogP contribution in [0.3, 0.4) is 0 Å². The number of aromatic nitrogens is 2. The first-order valence-corrected chi connectivity index (χ1v) is 6.92. The molecule has 3 nitrogen and oxygen atoms in total. The van der Waals surface area contributed by atoms with Crippen molar-refractivity contribution in [3.05, 3.63) is 30.0 Å². The second-order valence-electron chi connectivity index (χ2n) is 4.26. The van der Waals surface area contributed by atoms with Crippen LogP contribution in [0.15, 0.2) is 30.0 Å². The predicted octanol–water partition coefficient (Wildman–Crippen LogP) is 3.09. The van der Waals surface area contributed by atoms with Crippen LogP contribution in [0.25, 0.3) is 10.6 Å². The first-order valence-electron chi connectivity index (χ1n) is 6.04. The average Bonchev–Trinajstić information content (AvgIpc) is 3.02. The number of nitrogens with two attached hydrogens (primary N) is 1. The highest BCUT2D eigenvalue weighted by Crippen LogP contribution is 2.32. The van der Waals surface area contributed by atoms with Gasteiger partial charge in [-0.2, -0.15) is 0 Å². The lowest BCUT2D eigenvalue weighted by Gasteiger charge is -2.33. The van der Waals surface area contributed by atoms with Crippen LogP contribution in [-0.4, -0.2) is 16.1 Å². The first kappa shape index (κ1) is 12.3. The van der Waals surface area contributed by atoms with E-state index >= 15 is 0 Å². The van der Waals surface area contributed by atoms with Crippen molar-refractivity contribution in [3.63, 3.8) is 0 Å². The van der Waals surface area contributed by atoms with E-state index in [0.29, 0.717) is 6.54 Å². The minimum Gasteiger partial charge on any atom is -0.328 e. The smallest absolute Gasteiger partial charge is 0.0956 e. The molecule has 0 atom stereocenters. The maximum absolute atomic E-state index is 6.00. The topological polar surface area (TPSA) is 43.8 Å². The molecular formula is C13H19N3S. The number of imidazole rings is 1. The maximum atomic E-state index is 6.00. The summed E-state index contributed by atoms with van der Waals surface area (Å²) in [5.41, 5.74) is 7.17. The van der Waals surface area contributed by atoms with Gasteiger partial charge in [-0.3, -0.25) is 0 Å². The monoisotopic (exact) mass is 249 g/mol. The summed E-state index contributed by atoms with van der Waals surface area (Å²) in [5.74, 6) is 0. The zero-order chi connectivity index (χ0) is 12.3. The number of hydrogen-bond donors (Lipinski definition) is 1. The molecule has 0 aliphatic rings. The average molecular weight is 249 g/mol. The van der Waals surface area contributed by atoms with Gasteiger partial charge in [0.15, 0.2) is 0 Å². The molecule has 2 aromatic heterocycles. The van der Waals surface area contributed by atoms with Crippen molar-refractivity contribution >= 4 is 11.3 Å². The molecule has 0 amide bonds. The van der Waals surface area contributed by atoms with Crippen molar-refractivity contribution in [2.75, 3.05) is 6.54 Å². The summed E-state index contributed by atoms with van der Waals surface area (Å²) < 4.78 is 2.25. The van der Waals surface area contributed by atoms with Gasteiger partial charge in [0, 0.05) is 6.54 Å². The number of hydrogen-bond acceptors (Lipinski definition) is 3. The summed E-state index contributed by atoms with van der Waals surface area (Å²) in [6.07, 6.45) is 5.89. The van der Waals surface area contributed by atoms with Crippen molar-refractivity contribution in [2.45, 2.75) is 32.2 Å². The lowest BCUT2D eigenvalue weighted by molar-refractivity contribution is 0.274. The fourth-order valence-corrected chi connectivity index (χ4v) is 2.99. The second kappa shape index (κ2) is 5.02. The van der Waals surface area contributed by atoms with Crippen LogP contribution >= 0.6 is 11.3 Å². The van der Waals surface area contributed by atoms with Crippen LogP contribution in [0.4, 0.5) is 0 Å². The minimum absolute atomic E-state index is 0.00414. The van der Waals surface area contributed by atoms with E-state index in [0.717, 1.165) is 12.8 Å². The molecule has 0 unspecified atom stereocenters. The molecule has 0 aliphatic heterocycles. The highest BCUT2D eigenvalue weighted by atomic mass is 32.1. The summed E-state index contributed by atoms with van der Waals surface area (Å²) in [7, 11) is 0. The number of rotatable bonds is 5. The van der Waals surface area contributed by atoms with Crippen LogP contribution < -0.4 is 5.73 Å². The van der Waals surface area contributed by atoms with Crippen molar-refractivity contribution in [3.8, 4) is 10.6 Å². The SMILES string of the molecule is CCC(CC)(CN)n1cncc1-c1cccs1. The lowest BCUT2D eigenvalue weighted by atomic mass is 9.92. The fraction of sp³-hybridized carbons (Fsp3) is 0.462. The summed E-state index contributed by atoms with van der Waals surface area (Å²) in [6.45, 7) is 5.03. The van der Waals surface area contributed by atoms with Crippen LogP contribution in [-0.2, 0) is 5.54 Å². The molecule has 2 heterocycles. The van der Waals surface area contributed by atoms with E-state index in [1.54, 1.807) is 11.3 Å². The highest BCUT2D eigenvalue weighted by molar-refractivity contribution is 7.13. The van der Waals surface area contributed by atoms with Gasteiger partial charge >= 0.3 is 0 Å². The first-order chi connectivity index (χ1) is 8.27. The Labute approximate surface area is 106 Å². The van der Waals surface area contributed by atoms with E-state index in [1.807, 2.05) is 12.5 Å². The molecule has 2 rings (SSSR count). The summed E-state index contributed by atoms with van der Waals surface area (Å²) in [6, 6.07) is 4.20. The third-order valence-corrected chi connectivity index (χ3v) is 4.51. The molecule has 2 aromatic rings. The fourth-order valence-electron chi connectivity index (χ4n) is 2.26. The third-order valence-electron chi connectivity index (χ3n) is 3.62. The number of thiophene rings is 1. The van der Waals surface area contributed by atoms with Crippen molar-refractivity contribution in [2.24, 2.45) is 5.73 Å². The van der Waals surface area contributed by atoms with Crippen LogP contribution in [0.2, 0.25) is 0 Å². The van der Waals surface area contributed by atoms with Gasteiger partial charge in [0.2, 0.25) is 0 Å². The van der Waals surface area contributed by atoms with Crippen LogP contribution in [0.5, 0.6) is 0 Å². The molecule has 0 fully saturated rings. The summed E-state index contributed by atoms with van der Waals surface area (Å²) in [4.78, 5) is 5.55. The van der Waals surface area contributed by atoms with Gasteiger partial charge in [-0.15, -0.1) is 11.3 Å². The van der Waals surface area contributed by atoms with E-state index in [1.165, 1.54) is 10.6 Å². The Balaban J connectivity index is 2.49. The molecule has 0 saturated heterocycles. The predicted molar refractivity (Wildman–Crippen MR) is 73.2 cm³/mol. The Morgan fingerprint density at radius 1 is 1.41 bits per heavy atom. The van der Waals surface area contributed by atoms with Crippen molar-refractivity contribution < 1.29 is 0 Å². The molecule has 0 aliphatic carbocycles. The minimum atomic E-state index is -0.00414. The Morgan fingerprint density at radius 3 is 2.71 bits per heavy atom. The van der Waals surface area contributed by atoms with Gasteiger partial charge in [0.05, 0.1) is 28.6 Å². The maximum Gasteiger partial charge on any atom is 0.0956 e. The van der Waals surface area contributed by atoms with Crippen molar-refractivity contribution in [1.82, 2.24) is 9.55 Å². The Bertz CT molecular complexity index is 446. The largest absolute Gasteiger partial charge is 0.328 e. The van der Waals surface area contributed by atoms with E-state index in [9.17, 15) is 0 Å². The zero-order valence-electron chi connectivity index (χ0n) is 10.4. The summed E-state index contributed by atoms with van der Waals surface area (Å²) >= 11 is 1.74. The van der Waals surface area contributed by atoms with Gasteiger partial charge in [-0.1, -0.05) is 19.9 Å². The zero-order valence-corrected chi connectivity index (χ0v) is 11.2. The van der Waals surface area contributed by atoms with Crippen LogP contribution in [0.1, 0.15) is 26.7 Å². The van der Waals surface area contributed by atoms with Gasteiger partial charge in [-0.25, -0.2) is 4.98 Å². The van der Waals surface area contributed by atoms with E-state index < -0.39 is 0 Å². The quantitative estimate of drug-likeness (QED) is 0.885. The third kappa shape index (κ3) is 2.03. The highest BCUT2D eigenvalue weighted by Gasteiger charge is 2.28. The van der Waals surface area contributed by atoms with Crippen LogP contribution in [0, 0.1) is 0 Å². The molecule has 0 aromatic carbocycles. The number of nitrogens with zero attached hydrogens (tertiary/aromatic N) is 2. The second-order valence-corrected chi connectivity index (χ2v) is 5.21. The molecule has 0 spiro atoms. The molecule has 0 radical (unpaired) electrons. The molecule has 0 bridgehead atoms. The van der Waals surface area contributed by atoms with Crippen molar-refractivity contribution in [1.29, 1.82) is 0 Å². The lowest BCUT2D eigenvalue weighted by Crippen LogP contribution is -2.40. The van der Waals surface area contributed by atoms with Gasteiger partial charge in [0.1, 0.15) is 0 Å². The van der Waals surface area contributed by atoms with Gasteiger partial charge < -0.3 is 10.3 Å². The van der Waals surface area contributed by atoms with Gasteiger partial charge in [-0.05, 0) is 24.3 Å². The molecular weight excluding hydrogens is 230 g/mol. The Morgan fingerprint density at radius 2 is 2.18 bits per heavy atom.